The van der Waals surface area contributed by atoms with E-state index in [1.54, 1.807) is 0 Å². The minimum Gasteiger partial charge on any atom is -0.505 e. The van der Waals surface area contributed by atoms with E-state index in [4.69, 9.17) is 16.7 Å². The van der Waals surface area contributed by atoms with E-state index < -0.39 is 16.8 Å². The lowest BCUT2D eigenvalue weighted by Gasteiger charge is -1.95. The Labute approximate surface area is 67.2 Å². The zero-order valence-electron chi connectivity index (χ0n) is 5.34. The van der Waals surface area contributed by atoms with E-state index in [9.17, 15) is 9.18 Å². The second-order valence-corrected chi connectivity index (χ2v) is 2.28. The van der Waals surface area contributed by atoms with E-state index in [2.05, 4.69) is 0 Å². The van der Waals surface area contributed by atoms with Gasteiger partial charge in [0, 0.05) is 5.56 Å². The van der Waals surface area contributed by atoms with Gasteiger partial charge < -0.3 is 5.11 Å². The van der Waals surface area contributed by atoms with Crippen LogP contribution in [0.5, 0.6) is 5.75 Å². The van der Waals surface area contributed by atoms with Crippen molar-refractivity contribution >= 4 is 16.8 Å². The number of carbonyl (C=O) groups is 1. The van der Waals surface area contributed by atoms with Crippen molar-refractivity contribution in [2.24, 2.45) is 0 Å². The van der Waals surface area contributed by atoms with E-state index in [0.717, 1.165) is 12.1 Å². The molecule has 1 aromatic rings. The van der Waals surface area contributed by atoms with Gasteiger partial charge in [-0.05, 0) is 29.8 Å². The Kier molecular flexibility index (Phi) is 2.10. The van der Waals surface area contributed by atoms with Crippen molar-refractivity contribution in [3.63, 3.8) is 0 Å². The molecule has 0 saturated heterocycles. The van der Waals surface area contributed by atoms with E-state index in [0.29, 0.717) is 0 Å². The molecule has 0 radical (unpaired) electrons. The predicted molar refractivity (Wildman–Crippen MR) is 38.2 cm³/mol. The van der Waals surface area contributed by atoms with E-state index >= 15 is 0 Å². The first-order valence-corrected chi connectivity index (χ1v) is 3.17. The van der Waals surface area contributed by atoms with Crippen LogP contribution in [0.15, 0.2) is 18.2 Å². The van der Waals surface area contributed by atoms with Crippen LogP contribution in [0, 0.1) is 5.82 Å². The predicted octanol–water partition coefficient (Wildman–Crippen LogP) is 1.91. The molecule has 0 spiro atoms. The minimum atomic E-state index is -0.850. The molecule has 2 nitrogen and oxygen atoms in total. The van der Waals surface area contributed by atoms with Gasteiger partial charge in [-0.25, -0.2) is 4.39 Å². The minimum absolute atomic E-state index is 0.0296. The fourth-order valence-electron chi connectivity index (χ4n) is 0.629. The molecule has 58 valence electrons. The quantitative estimate of drug-likeness (QED) is 0.661. The van der Waals surface area contributed by atoms with Crippen LogP contribution in [0.3, 0.4) is 0 Å². The van der Waals surface area contributed by atoms with Crippen molar-refractivity contribution in [2.45, 2.75) is 0 Å². The van der Waals surface area contributed by atoms with Crippen molar-refractivity contribution in [3.05, 3.63) is 29.6 Å². The highest BCUT2D eigenvalue weighted by molar-refractivity contribution is 6.67. The van der Waals surface area contributed by atoms with Crippen LogP contribution in [0.4, 0.5) is 4.39 Å². The topological polar surface area (TPSA) is 37.3 Å². The average Bonchev–Trinajstić information content (AvgIpc) is 1.94. The molecule has 11 heavy (non-hydrogen) atoms. The summed E-state index contributed by atoms with van der Waals surface area (Å²) < 4.78 is 12.5. The number of aromatic hydroxyl groups is 1. The van der Waals surface area contributed by atoms with Crippen LogP contribution < -0.4 is 0 Å². The first-order chi connectivity index (χ1) is 5.11. The van der Waals surface area contributed by atoms with Crippen LogP contribution in [-0.4, -0.2) is 10.3 Å². The normalized spacial score (nSPS) is 9.64. The summed E-state index contributed by atoms with van der Waals surface area (Å²) in [5, 5.41) is 7.95. The summed E-state index contributed by atoms with van der Waals surface area (Å²) in [6.07, 6.45) is 0. The van der Waals surface area contributed by atoms with Gasteiger partial charge in [-0.1, -0.05) is 0 Å². The number of halogens is 2. The summed E-state index contributed by atoms with van der Waals surface area (Å²) in [5.74, 6) is -1.34. The molecule has 1 aromatic carbocycles. The lowest BCUT2D eigenvalue weighted by atomic mass is 10.2. The number of hydrogen-bond donors (Lipinski definition) is 1. The van der Waals surface area contributed by atoms with E-state index in [1.165, 1.54) is 6.07 Å². The van der Waals surface area contributed by atoms with Gasteiger partial charge in [-0.2, -0.15) is 0 Å². The second-order valence-electron chi connectivity index (χ2n) is 1.94. The van der Waals surface area contributed by atoms with Gasteiger partial charge in [-0.15, -0.1) is 0 Å². The summed E-state index contributed by atoms with van der Waals surface area (Å²) in [7, 11) is 0. The maximum atomic E-state index is 12.5. The number of benzene rings is 1. The molecule has 0 amide bonds. The van der Waals surface area contributed by atoms with Crippen LogP contribution in [0.1, 0.15) is 10.4 Å². The summed E-state index contributed by atoms with van der Waals surface area (Å²) in [4.78, 5) is 10.4. The summed E-state index contributed by atoms with van der Waals surface area (Å²) in [6, 6.07) is 3.20. The Bertz CT molecular complexity index is 298. The van der Waals surface area contributed by atoms with Crippen LogP contribution >= 0.6 is 11.6 Å². The van der Waals surface area contributed by atoms with Crippen molar-refractivity contribution < 1.29 is 14.3 Å². The molecule has 0 bridgehead atoms. The summed E-state index contributed by atoms with van der Waals surface area (Å²) in [5.41, 5.74) is 0.0296. The molecule has 0 heterocycles. The smallest absolute Gasteiger partial charge is 0.252 e. The van der Waals surface area contributed by atoms with Crippen LogP contribution in [0.2, 0.25) is 0 Å². The largest absolute Gasteiger partial charge is 0.505 e. The molecule has 4 heteroatoms. The molecule has 1 N–H and O–H groups in total. The maximum absolute atomic E-state index is 12.5. The van der Waals surface area contributed by atoms with E-state index in [1.807, 2.05) is 0 Å². The molecule has 0 aliphatic carbocycles. The van der Waals surface area contributed by atoms with Gasteiger partial charge >= 0.3 is 0 Å². The number of hydrogen-bond acceptors (Lipinski definition) is 2. The highest BCUT2D eigenvalue weighted by atomic mass is 35.5. The number of phenolic OH excluding ortho intramolecular Hbond substituents is 1. The molecule has 0 aromatic heterocycles. The second kappa shape index (κ2) is 2.88. The van der Waals surface area contributed by atoms with Crippen LogP contribution in [-0.2, 0) is 0 Å². The molecular formula is C7H4ClFO2. The van der Waals surface area contributed by atoms with Gasteiger partial charge in [0.2, 0.25) is 0 Å². The monoisotopic (exact) mass is 174 g/mol. The first-order valence-electron chi connectivity index (χ1n) is 2.79. The highest BCUT2D eigenvalue weighted by Gasteiger charge is 2.05. The number of carbonyl (C=O) groups excluding carboxylic acids is 1. The van der Waals surface area contributed by atoms with Gasteiger partial charge in [0.1, 0.15) is 0 Å². The Balaban J connectivity index is 3.15. The third-order valence-corrected chi connectivity index (χ3v) is 1.39. The third-order valence-electron chi connectivity index (χ3n) is 1.17. The molecule has 0 aliphatic rings. The fourth-order valence-corrected chi connectivity index (χ4v) is 0.747. The lowest BCUT2D eigenvalue weighted by molar-refractivity contribution is 0.108. The van der Waals surface area contributed by atoms with Gasteiger partial charge in [0.05, 0.1) is 0 Å². The van der Waals surface area contributed by atoms with Gasteiger partial charge in [0.25, 0.3) is 5.24 Å². The number of rotatable bonds is 1. The van der Waals surface area contributed by atoms with Crippen molar-refractivity contribution in [2.75, 3.05) is 0 Å². The molecule has 0 saturated carbocycles. The van der Waals surface area contributed by atoms with Gasteiger partial charge in [0.15, 0.2) is 11.6 Å². The van der Waals surface area contributed by atoms with E-state index in [-0.39, 0.29) is 5.56 Å². The standard InChI is InChI=1S/C7H4ClFO2/c8-7(11)4-1-2-6(10)5(9)3-4/h1-3,10H. The van der Waals surface area contributed by atoms with Gasteiger partial charge in [-0.3, -0.25) is 4.79 Å². The average molecular weight is 175 g/mol. The molecule has 1 rings (SSSR count). The molecule has 0 atom stereocenters. The lowest BCUT2D eigenvalue weighted by Crippen LogP contribution is -1.89. The third kappa shape index (κ3) is 1.68. The zero-order chi connectivity index (χ0) is 8.43. The Morgan fingerprint density at radius 2 is 2.18 bits per heavy atom. The van der Waals surface area contributed by atoms with Crippen molar-refractivity contribution in [1.29, 1.82) is 0 Å². The van der Waals surface area contributed by atoms with Crippen molar-refractivity contribution in [3.8, 4) is 5.75 Å². The summed E-state index contributed by atoms with van der Waals surface area (Å²) >= 11 is 5.04. The van der Waals surface area contributed by atoms with Crippen molar-refractivity contribution in [1.82, 2.24) is 0 Å². The zero-order valence-corrected chi connectivity index (χ0v) is 6.10. The molecule has 0 fully saturated rings. The van der Waals surface area contributed by atoms with Crippen LogP contribution in [0.25, 0.3) is 0 Å². The molecule has 0 unspecified atom stereocenters. The number of phenols is 1. The molecule has 0 aliphatic heterocycles. The Morgan fingerprint density at radius 3 is 2.64 bits per heavy atom. The molecular weight excluding hydrogens is 171 g/mol. The maximum Gasteiger partial charge on any atom is 0.252 e. The Hall–Kier alpha value is -1.09. The SMILES string of the molecule is O=C(Cl)c1ccc(O)c(F)c1. The summed E-state index contributed by atoms with van der Waals surface area (Å²) in [6.45, 7) is 0. The highest BCUT2D eigenvalue weighted by Crippen LogP contribution is 2.16. The Morgan fingerprint density at radius 1 is 1.55 bits per heavy atom. The fraction of sp³-hybridized carbons (Fsp3) is 0. The first kappa shape index (κ1) is 8.01.